The van der Waals surface area contributed by atoms with E-state index in [1.54, 1.807) is 13.8 Å². The average molecular weight is 345 g/mol. The number of anilines is 1. The third-order valence-electron chi connectivity index (χ3n) is 3.86. The summed E-state index contributed by atoms with van der Waals surface area (Å²) >= 11 is 0. The highest BCUT2D eigenvalue weighted by molar-refractivity contribution is 6.00. The van der Waals surface area contributed by atoms with E-state index >= 15 is 0 Å². The van der Waals surface area contributed by atoms with E-state index in [2.05, 4.69) is 11.4 Å². The topological polar surface area (TPSA) is 81.7 Å². The summed E-state index contributed by atoms with van der Waals surface area (Å²) in [6, 6.07) is 4.43. The van der Waals surface area contributed by atoms with Crippen LogP contribution in [0.5, 0.6) is 0 Å². The lowest BCUT2D eigenvalue weighted by atomic mass is 9.93. The Balaban J connectivity index is 2.25. The first-order valence-electron chi connectivity index (χ1n) is 8.50. The Morgan fingerprint density at radius 3 is 2.08 bits per heavy atom. The third kappa shape index (κ3) is 5.17. The highest BCUT2D eigenvalue weighted by Gasteiger charge is 2.20. The van der Waals surface area contributed by atoms with Gasteiger partial charge in [0.05, 0.1) is 24.3 Å². The number of benzene rings is 1. The van der Waals surface area contributed by atoms with Gasteiger partial charge < -0.3 is 14.8 Å². The van der Waals surface area contributed by atoms with Crippen LogP contribution in [0.25, 0.3) is 0 Å². The molecule has 0 heterocycles. The largest absolute Gasteiger partial charge is 0.462 e. The number of amides is 1. The number of rotatable bonds is 6. The highest BCUT2D eigenvalue weighted by Crippen LogP contribution is 2.22. The number of allylic oxidation sites excluding steroid dienone is 2. The number of ether oxygens (including phenoxy) is 2. The van der Waals surface area contributed by atoms with Gasteiger partial charge in [0.15, 0.2) is 0 Å². The molecule has 1 amide bonds. The number of nitrogens with one attached hydrogen (secondary N) is 1. The minimum absolute atomic E-state index is 0.109. The second-order valence-corrected chi connectivity index (χ2v) is 5.71. The first-order chi connectivity index (χ1) is 12.0. The SMILES string of the molecule is CCOC(=O)c1cc(NC(=O)[C@H]2CC=CCC2)cc(C(=O)OCC)c1. The van der Waals surface area contributed by atoms with Gasteiger partial charge in [0, 0.05) is 11.6 Å². The van der Waals surface area contributed by atoms with E-state index in [9.17, 15) is 14.4 Å². The van der Waals surface area contributed by atoms with Gasteiger partial charge in [0.2, 0.25) is 5.91 Å². The number of hydrogen-bond donors (Lipinski definition) is 1. The van der Waals surface area contributed by atoms with Crippen LogP contribution in [0, 0.1) is 5.92 Å². The van der Waals surface area contributed by atoms with E-state index in [1.165, 1.54) is 18.2 Å². The Labute approximate surface area is 147 Å². The van der Waals surface area contributed by atoms with Gasteiger partial charge in [-0.15, -0.1) is 0 Å². The molecular formula is C19H23NO5. The second kappa shape index (κ2) is 9.01. The maximum Gasteiger partial charge on any atom is 0.338 e. The van der Waals surface area contributed by atoms with Gasteiger partial charge in [-0.1, -0.05) is 12.2 Å². The van der Waals surface area contributed by atoms with Crippen molar-refractivity contribution >= 4 is 23.5 Å². The predicted molar refractivity (Wildman–Crippen MR) is 93.5 cm³/mol. The lowest BCUT2D eigenvalue weighted by molar-refractivity contribution is -0.120. The Morgan fingerprint density at radius 2 is 1.60 bits per heavy atom. The number of hydrogen-bond acceptors (Lipinski definition) is 5. The van der Waals surface area contributed by atoms with Crippen molar-refractivity contribution in [1.29, 1.82) is 0 Å². The number of carbonyl (C=O) groups excluding carboxylic acids is 3. The first kappa shape index (κ1) is 18.7. The van der Waals surface area contributed by atoms with E-state index in [1.807, 2.05) is 6.08 Å². The van der Waals surface area contributed by atoms with Crippen LogP contribution in [0.15, 0.2) is 30.4 Å². The van der Waals surface area contributed by atoms with Crippen molar-refractivity contribution in [1.82, 2.24) is 0 Å². The lowest BCUT2D eigenvalue weighted by Gasteiger charge is -2.18. The molecular weight excluding hydrogens is 322 g/mol. The number of esters is 2. The molecule has 0 saturated carbocycles. The van der Waals surface area contributed by atoms with E-state index in [-0.39, 0.29) is 36.2 Å². The molecule has 0 bridgehead atoms. The van der Waals surface area contributed by atoms with Gasteiger partial charge in [-0.3, -0.25) is 4.79 Å². The Bertz CT molecular complexity index is 644. The molecule has 1 aromatic carbocycles. The molecule has 1 aromatic rings. The van der Waals surface area contributed by atoms with Gasteiger partial charge >= 0.3 is 11.9 Å². The van der Waals surface area contributed by atoms with Crippen molar-refractivity contribution in [3.05, 3.63) is 41.5 Å². The maximum absolute atomic E-state index is 12.4. The molecule has 0 fully saturated rings. The number of carbonyl (C=O) groups is 3. The standard InChI is InChI=1S/C19H23NO5/c1-3-24-18(22)14-10-15(19(23)25-4-2)12-16(11-14)20-17(21)13-8-6-5-7-9-13/h5-6,10-13H,3-4,7-9H2,1-2H3,(H,20,21)/t13-/m0/s1. The Morgan fingerprint density at radius 1 is 1.00 bits per heavy atom. The Hall–Kier alpha value is -2.63. The van der Waals surface area contributed by atoms with Gasteiger partial charge in [0.25, 0.3) is 0 Å². The van der Waals surface area contributed by atoms with E-state index in [0.717, 1.165) is 12.8 Å². The monoisotopic (exact) mass is 345 g/mol. The van der Waals surface area contributed by atoms with Crippen LogP contribution in [-0.2, 0) is 14.3 Å². The minimum Gasteiger partial charge on any atom is -0.462 e. The molecule has 1 N–H and O–H groups in total. The zero-order valence-electron chi connectivity index (χ0n) is 14.5. The summed E-state index contributed by atoms with van der Waals surface area (Å²) in [7, 11) is 0. The minimum atomic E-state index is -0.551. The van der Waals surface area contributed by atoms with Crippen LogP contribution in [0.1, 0.15) is 53.8 Å². The quantitative estimate of drug-likeness (QED) is 0.632. The second-order valence-electron chi connectivity index (χ2n) is 5.71. The molecule has 0 spiro atoms. The molecule has 2 rings (SSSR count). The molecule has 0 aliphatic heterocycles. The fourth-order valence-electron chi connectivity index (χ4n) is 2.64. The summed E-state index contributed by atoms with van der Waals surface area (Å²) in [6.45, 7) is 3.84. The summed E-state index contributed by atoms with van der Waals surface area (Å²) in [5, 5.41) is 2.80. The van der Waals surface area contributed by atoms with Gasteiger partial charge in [0.1, 0.15) is 0 Å². The zero-order valence-corrected chi connectivity index (χ0v) is 14.5. The molecule has 0 saturated heterocycles. The average Bonchev–Trinajstić information content (AvgIpc) is 2.62. The summed E-state index contributed by atoms with van der Waals surface area (Å²) in [6.07, 6.45) is 6.39. The maximum atomic E-state index is 12.4. The fraction of sp³-hybridized carbons (Fsp3) is 0.421. The smallest absolute Gasteiger partial charge is 0.338 e. The Kier molecular flexibility index (Phi) is 6.74. The molecule has 0 unspecified atom stereocenters. The van der Waals surface area contributed by atoms with Gasteiger partial charge in [-0.05, 0) is 51.3 Å². The van der Waals surface area contributed by atoms with Crippen LogP contribution in [0.3, 0.4) is 0 Å². The van der Waals surface area contributed by atoms with E-state index in [4.69, 9.17) is 9.47 Å². The molecule has 1 atom stereocenters. The van der Waals surface area contributed by atoms with Crippen molar-refractivity contribution in [2.75, 3.05) is 18.5 Å². The zero-order chi connectivity index (χ0) is 18.2. The fourth-order valence-corrected chi connectivity index (χ4v) is 2.64. The van der Waals surface area contributed by atoms with Crippen molar-refractivity contribution in [2.24, 2.45) is 5.92 Å². The lowest BCUT2D eigenvalue weighted by Crippen LogP contribution is -2.24. The molecule has 6 nitrogen and oxygen atoms in total. The molecule has 0 radical (unpaired) electrons. The van der Waals surface area contributed by atoms with Crippen molar-refractivity contribution < 1.29 is 23.9 Å². The molecule has 1 aliphatic carbocycles. The summed E-state index contributed by atoms with van der Waals surface area (Å²) in [5.74, 6) is -1.34. The highest BCUT2D eigenvalue weighted by atomic mass is 16.5. The van der Waals surface area contributed by atoms with Crippen molar-refractivity contribution in [3.63, 3.8) is 0 Å². The molecule has 25 heavy (non-hydrogen) atoms. The van der Waals surface area contributed by atoms with Crippen LogP contribution >= 0.6 is 0 Å². The van der Waals surface area contributed by atoms with E-state index in [0.29, 0.717) is 12.1 Å². The van der Waals surface area contributed by atoms with Crippen LogP contribution in [0.2, 0.25) is 0 Å². The summed E-state index contributed by atoms with van der Waals surface area (Å²) in [5.41, 5.74) is 0.783. The molecule has 0 aromatic heterocycles. The van der Waals surface area contributed by atoms with Crippen LogP contribution < -0.4 is 5.32 Å². The van der Waals surface area contributed by atoms with Crippen LogP contribution in [0.4, 0.5) is 5.69 Å². The van der Waals surface area contributed by atoms with E-state index < -0.39 is 11.9 Å². The van der Waals surface area contributed by atoms with Gasteiger partial charge in [-0.25, -0.2) is 9.59 Å². The first-order valence-corrected chi connectivity index (χ1v) is 8.50. The summed E-state index contributed by atoms with van der Waals surface area (Å²) < 4.78 is 9.97. The molecule has 134 valence electrons. The van der Waals surface area contributed by atoms with Crippen molar-refractivity contribution in [3.8, 4) is 0 Å². The van der Waals surface area contributed by atoms with Crippen LogP contribution in [-0.4, -0.2) is 31.1 Å². The molecule has 6 heteroatoms. The third-order valence-corrected chi connectivity index (χ3v) is 3.86. The normalized spacial score (nSPS) is 16.2. The summed E-state index contributed by atoms with van der Waals surface area (Å²) in [4.78, 5) is 36.4. The van der Waals surface area contributed by atoms with Gasteiger partial charge in [-0.2, -0.15) is 0 Å². The molecule has 1 aliphatic rings. The predicted octanol–water partition coefficient (Wildman–Crippen LogP) is 3.33. The van der Waals surface area contributed by atoms with Crippen molar-refractivity contribution in [2.45, 2.75) is 33.1 Å².